The van der Waals surface area contributed by atoms with Crippen molar-refractivity contribution in [3.8, 4) is 0 Å². The molecule has 1 aromatic carbocycles. The third kappa shape index (κ3) is 2.60. The standard InChI is InChI=1S/C13H16FNO/c14-12-7-5-10(6-8-12)9-11-3-1-2-4-13(11)15-16/h5-8,11,16H,1-4,9H2/b15-13+. The Hall–Kier alpha value is -1.38. The summed E-state index contributed by atoms with van der Waals surface area (Å²) in [5.41, 5.74) is 2.00. The van der Waals surface area contributed by atoms with E-state index in [4.69, 9.17) is 5.21 Å². The molecule has 1 aromatic rings. The number of rotatable bonds is 2. The lowest BCUT2D eigenvalue weighted by atomic mass is 9.83. The Labute approximate surface area is 94.8 Å². The molecule has 2 rings (SSSR count). The van der Waals surface area contributed by atoms with Gasteiger partial charge < -0.3 is 5.21 Å². The van der Waals surface area contributed by atoms with Gasteiger partial charge in [-0.2, -0.15) is 0 Å². The maximum absolute atomic E-state index is 12.7. The molecule has 2 nitrogen and oxygen atoms in total. The Morgan fingerprint density at radius 1 is 1.25 bits per heavy atom. The lowest BCUT2D eigenvalue weighted by Crippen LogP contribution is -2.21. The van der Waals surface area contributed by atoms with E-state index in [2.05, 4.69) is 5.16 Å². The summed E-state index contributed by atoms with van der Waals surface area (Å²) >= 11 is 0. The van der Waals surface area contributed by atoms with Crippen LogP contribution in [0.15, 0.2) is 29.4 Å². The first-order valence-corrected chi connectivity index (χ1v) is 5.75. The van der Waals surface area contributed by atoms with Crippen LogP contribution in [0.2, 0.25) is 0 Å². The molecule has 0 bridgehead atoms. The molecule has 1 atom stereocenters. The van der Waals surface area contributed by atoms with Crippen LogP contribution in [0.25, 0.3) is 0 Å². The zero-order valence-corrected chi connectivity index (χ0v) is 9.19. The number of halogens is 1. The van der Waals surface area contributed by atoms with E-state index in [1.54, 1.807) is 12.1 Å². The van der Waals surface area contributed by atoms with Crippen molar-refractivity contribution in [2.75, 3.05) is 0 Å². The SMILES string of the molecule is O/N=C1\CCCCC1Cc1ccc(F)cc1. The van der Waals surface area contributed by atoms with Gasteiger partial charge in [0.15, 0.2) is 0 Å². The topological polar surface area (TPSA) is 32.6 Å². The molecule has 1 saturated carbocycles. The second-order valence-corrected chi connectivity index (χ2v) is 4.36. The fourth-order valence-corrected chi connectivity index (χ4v) is 2.32. The van der Waals surface area contributed by atoms with Crippen LogP contribution in [0.4, 0.5) is 4.39 Å². The molecule has 0 heterocycles. The van der Waals surface area contributed by atoms with E-state index in [1.165, 1.54) is 18.6 Å². The third-order valence-electron chi connectivity index (χ3n) is 3.23. The van der Waals surface area contributed by atoms with Gasteiger partial charge in [-0.15, -0.1) is 0 Å². The maximum Gasteiger partial charge on any atom is 0.123 e. The van der Waals surface area contributed by atoms with Crippen molar-refractivity contribution < 1.29 is 9.60 Å². The van der Waals surface area contributed by atoms with Crippen molar-refractivity contribution in [3.63, 3.8) is 0 Å². The van der Waals surface area contributed by atoms with Crippen LogP contribution in [-0.4, -0.2) is 10.9 Å². The van der Waals surface area contributed by atoms with Crippen LogP contribution in [0.3, 0.4) is 0 Å². The quantitative estimate of drug-likeness (QED) is 0.602. The molecule has 0 aliphatic heterocycles. The minimum absolute atomic E-state index is 0.205. The van der Waals surface area contributed by atoms with Crippen molar-refractivity contribution in [3.05, 3.63) is 35.6 Å². The molecule has 0 saturated heterocycles. The van der Waals surface area contributed by atoms with Crippen molar-refractivity contribution in [2.45, 2.75) is 32.1 Å². The summed E-state index contributed by atoms with van der Waals surface area (Å²) in [5.74, 6) is 0.118. The molecule has 1 aliphatic carbocycles. The molecule has 1 unspecified atom stereocenters. The van der Waals surface area contributed by atoms with E-state index in [1.807, 2.05) is 0 Å². The second-order valence-electron chi connectivity index (χ2n) is 4.36. The molecule has 3 heteroatoms. The summed E-state index contributed by atoms with van der Waals surface area (Å²) in [6, 6.07) is 6.57. The number of hydrogen-bond acceptors (Lipinski definition) is 2. The summed E-state index contributed by atoms with van der Waals surface area (Å²) < 4.78 is 12.7. The average molecular weight is 221 g/mol. The zero-order chi connectivity index (χ0) is 11.4. The molecular weight excluding hydrogens is 205 g/mol. The lowest BCUT2D eigenvalue weighted by molar-refractivity contribution is 0.308. The largest absolute Gasteiger partial charge is 0.411 e. The smallest absolute Gasteiger partial charge is 0.123 e. The zero-order valence-electron chi connectivity index (χ0n) is 9.19. The molecule has 0 radical (unpaired) electrons. The Morgan fingerprint density at radius 2 is 2.00 bits per heavy atom. The van der Waals surface area contributed by atoms with E-state index < -0.39 is 0 Å². The monoisotopic (exact) mass is 221 g/mol. The molecule has 1 fully saturated rings. The second kappa shape index (κ2) is 5.10. The highest BCUT2D eigenvalue weighted by atomic mass is 19.1. The first-order valence-electron chi connectivity index (χ1n) is 5.75. The van der Waals surface area contributed by atoms with Gasteiger partial charge in [0.1, 0.15) is 5.82 Å². The van der Waals surface area contributed by atoms with Gasteiger partial charge in [0.25, 0.3) is 0 Å². The van der Waals surface area contributed by atoms with Crippen LogP contribution >= 0.6 is 0 Å². The molecule has 86 valence electrons. The number of benzene rings is 1. The van der Waals surface area contributed by atoms with Gasteiger partial charge in [0.05, 0.1) is 5.71 Å². The summed E-state index contributed by atoms with van der Waals surface area (Å²) in [7, 11) is 0. The first-order chi connectivity index (χ1) is 7.79. The van der Waals surface area contributed by atoms with E-state index in [-0.39, 0.29) is 5.82 Å². The molecule has 1 N–H and O–H groups in total. The summed E-state index contributed by atoms with van der Waals surface area (Å²) in [6.45, 7) is 0. The van der Waals surface area contributed by atoms with Crippen molar-refractivity contribution in [1.29, 1.82) is 0 Å². The Morgan fingerprint density at radius 3 is 2.69 bits per heavy atom. The maximum atomic E-state index is 12.7. The molecule has 0 amide bonds. The van der Waals surface area contributed by atoms with Crippen LogP contribution in [0.1, 0.15) is 31.2 Å². The van der Waals surface area contributed by atoms with E-state index in [0.29, 0.717) is 5.92 Å². The minimum atomic E-state index is -0.205. The summed E-state index contributed by atoms with van der Waals surface area (Å²) in [5, 5.41) is 12.3. The number of nitrogens with zero attached hydrogens (tertiary/aromatic N) is 1. The van der Waals surface area contributed by atoms with Crippen LogP contribution < -0.4 is 0 Å². The average Bonchev–Trinajstić information content (AvgIpc) is 2.33. The highest BCUT2D eigenvalue weighted by Gasteiger charge is 2.21. The first kappa shape index (κ1) is 11.1. The summed E-state index contributed by atoms with van der Waals surface area (Å²) in [4.78, 5) is 0. The Balaban J connectivity index is 2.05. The summed E-state index contributed by atoms with van der Waals surface area (Å²) in [6.07, 6.45) is 5.10. The Bertz CT molecular complexity index is 372. The molecular formula is C13H16FNO. The highest BCUT2D eigenvalue weighted by molar-refractivity contribution is 5.87. The van der Waals surface area contributed by atoms with Gasteiger partial charge in [-0.3, -0.25) is 0 Å². The van der Waals surface area contributed by atoms with E-state index in [0.717, 1.165) is 37.0 Å². The van der Waals surface area contributed by atoms with Gasteiger partial charge in [-0.1, -0.05) is 23.7 Å². The van der Waals surface area contributed by atoms with Gasteiger partial charge >= 0.3 is 0 Å². The lowest BCUT2D eigenvalue weighted by Gasteiger charge is -2.22. The Kier molecular flexibility index (Phi) is 3.54. The van der Waals surface area contributed by atoms with Gasteiger partial charge in [-0.05, 0) is 43.4 Å². The minimum Gasteiger partial charge on any atom is -0.411 e. The van der Waals surface area contributed by atoms with Crippen molar-refractivity contribution in [2.24, 2.45) is 11.1 Å². The fourth-order valence-electron chi connectivity index (χ4n) is 2.32. The van der Waals surface area contributed by atoms with E-state index >= 15 is 0 Å². The third-order valence-corrected chi connectivity index (χ3v) is 3.23. The number of hydrogen-bond donors (Lipinski definition) is 1. The molecule has 1 aliphatic rings. The highest BCUT2D eigenvalue weighted by Crippen LogP contribution is 2.25. The molecule has 16 heavy (non-hydrogen) atoms. The van der Waals surface area contributed by atoms with Gasteiger partial charge in [0.2, 0.25) is 0 Å². The van der Waals surface area contributed by atoms with Crippen molar-refractivity contribution >= 4 is 5.71 Å². The van der Waals surface area contributed by atoms with Crippen LogP contribution in [-0.2, 0) is 6.42 Å². The predicted molar refractivity (Wildman–Crippen MR) is 61.3 cm³/mol. The van der Waals surface area contributed by atoms with Crippen LogP contribution in [0.5, 0.6) is 0 Å². The predicted octanol–water partition coefficient (Wildman–Crippen LogP) is 3.39. The number of oxime groups is 1. The van der Waals surface area contributed by atoms with Gasteiger partial charge in [-0.25, -0.2) is 4.39 Å². The molecule has 0 aromatic heterocycles. The molecule has 0 spiro atoms. The van der Waals surface area contributed by atoms with Gasteiger partial charge in [0, 0.05) is 5.92 Å². The van der Waals surface area contributed by atoms with Crippen molar-refractivity contribution in [1.82, 2.24) is 0 Å². The normalized spacial score (nSPS) is 23.6. The van der Waals surface area contributed by atoms with E-state index in [9.17, 15) is 4.39 Å². The fraction of sp³-hybridized carbons (Fsp3) is 0.462. The van der Waals surface area contributed by atoms with Crippen LogP contribution in [0, 0.1) is 11.7 Å².